The van der Waals surface area contributed by atoms with Crippen molar-refractivity contribution < 1.29 is 28.6 Å². The molecule has 0 aliphatic carbocycles. The van der Waals surface area contributed by atoms with Crippen molar-refractivity contribution >= 4 is 68.7 Å². The first-order valence-corrected chi connectivity index (χ1v) is 15.0. The summed E-state index contributed by atoms with van der Waals surface area (Å²) in [4.78, 5) is 39.9. The Labute approximate surface area is 272 Å². The molecule has 4 aromatic carbocycles. The fourth-order valence-electron chi connectivity index (χ4n) is 4.35. The third-order valence-corrected chi connectivity index (χ3v) is 7.65. The first-order chi connectivity index (χ1) is 21.2. The molecule has 1 saturated heterocycles. The number of hydrogen-bond acceptors (Lipinski definition) is 6. The second-order valence-corrected chi connectivity index (χ2v) is 11.2. The molecule has 1 N–H and O–H groups in total. The predicted octanol–water partition coefficient (Wildman–Crippen LogP) is 7.98. The standard InChI is InChI=1S/C33H25BrCl2N2O6/c1-2-42-29-16-21(15-27(34)30(29)44-18-20-6-4-3-5-7-20)14-26-31(39)37-33(41)38(32(26)40)24-10-12-25(13-11-24)43-19-22-8-9-23(35)17-28(22)36/h3-17H,2,18-19H2,1H3,(H,37,39,41)/b26-14+. The quantitative estimate of drug-likeness (QED) is 0.134. The molecule has 4 aromatic rings. The topological polar surface area (TPSA) is 94.2 Å². The van der Waals surface area contributed by atoms with Crippen LogP contribution >= 0.6 is 39.1 Å². The Kier molecular flexibility index (Phi) is 9.89. The van der Waals surface area contributed by atoms with Gasteiger partial charge in [-0.2, -0.15) is 0 Å². The maximum absolute atomic E-state index is 13.5. The minimum absolute atomic E-state index is 0.190. The van der Waals surface area contributed by atoms with E-state index in [1.54, 1.807) is 54.6 Å². The molecule has 1 aliphatic rings. The number of barbiturate groups is 1. The van der Waals surface area contributed by atoms with E-state index < -0.39 is 17.8 Å². The molecule has 5 rings (SSSR count). The monoisotopic (exact) mass is 694 g/mol. The first kappa shape index (κ1) is 31.1. The number of carbonyl (C=O) groups excluding carboxylic acids is 3. The Morgan fingerprint density at radius 1 is 0.864 bits per heavy atom. The molecular weight excluding hydrogens is 671 g/mol. The largest absolute Gasteiger partial charge is 0.490 e. The number of anilines is 1. The SMILES string of the molecule is CCOc1cc(/C=C2\C(=O)NC(=O)N(c3ccc(OCc4ccc(Cl)cc4Cl)cc3)C2=O)cc(Br)c1OCc1ccccc1. The predicted molar refractivity (Wildman–Crippen MR) is 172 cm³/mol. The van der Waals surface area contributed by atoms with E-state index in [0.29, 0.717) is 50.5 Å². The van der Waals surface area contributed by atoms with E-state index in [1.807, 2.05) is 37.3 Å². The maximum atomic E-state index is 13.5. The Bertz CT molecular complexity index is 1750. The van der Waals surface area contributed by atoms with Gasteiger partial charge in [0.25, 0.3) is 11.8 Å². The van der Waals surface area contributed by atoms with Crippen molar-refractivity contribution in [3.63, 3.8) is 0 Å². The molecule has 11 heteroatoms. The zero-order chi connectivity index (χ0) is 31.2. The van der Waals surface area contributed by atoms with Crippen LogP contribution in [0.5, 0.6) is 17.2 Å². The van der Waals surface area contributed by atoms with Gasteiger partial charge in [-0.1, -0.05) is 59.6 Å². The number of nitrogens with one attached hydrogen (secondary N) is 1. The van der Waals surface area contributed by atoms with Crippen molar-refractivity contribution in [2.45, 2.75) is 20.1 Å². The molecule has 0 saturated carbocycles. The molecule has 1 heterocycles. The molecule has 8 nitrogen and oxygen atoms in total. The van der Waals surface area contributed by atoms with Gasteiger partial charge in [0.2, 0.25) is 0 Å². The summed E-state index contributed by atoms with van der Waals surface area (Å²) in [5.74, 6) is -0.195. The first-order valence-electron chi connectivity index (χ1n) is 13.4. The summed E-state index contributed by atoms with van der Waals surface area (Å²) in [5.41, 5.74) is 2.24. The van der Waals surface area contributed by atoms with Gasteiger partial charge >= 0.3 is 6.03 Å². The fraction of sp³-hybridized carbons (Fsp3) is 0.121. The number of nitrogens with zero attached hydrogens (tertiary/aromatic N) is 1. The minimum Gasteiger partial charge on any atom is -0.490 e. The van der Waals surface area contributed by atoms with E-state index in [2.05, 4.69) is 21.2 Å². The molecular formula is C33H25BrCl2N2O6. The van der Waals surface area contributed by atoms with E-state index in [0.717, 1.165) is 16.0 Å². The summed E-state index contributed by atoms with van der Waals surface area (Å²) < 4.78 is 18.2. The number of halogens is 3. The summed E-state index contributed by atoms with van der Waals surface area (Å²) in [5, 5.41) is 3.23. The molecule has 0 radical (unpaired) electrons. The van der Waals surface area contributed by atoms with Crippen molar-refractivity contribution in [1.29, 1.82) is 0 Å². The van der Waals surface area contributed by atoms with Crippen molar-refractivity contribution in [1.82, 2.24) is 5.32 Å². The van der Waals surface area contributed by atoms with Gasteiger partial charge in [0.15, 0.2) is 11.5 Å². The number of benzene rings is 4. The molecule has 0 unspecified atom stereocenters. The van der Waals surface area contributed by atoms with E-state index >= 15 is 0 Å². The Balaban J connectivity index is 1.35. The molecule has 0 atom stereocenters. The van der Waals surface area contributed by atoms with Crippen LogP contribution in [-0.2, 0) is 22.8 Å². The number of hydrogen-bond donors (Lipinski definition) is 1. The number of carbonyl (C=O) groups is 3. The summed E-state index contributed by atoms with van der Waals surface area (Å²) in [6.45, 7) is 2.71. The zero-order valence-electron chi connectivity index (χ0n) is 23.3. The highest BCUT2D eigenvalue weighted by Gasteiger charge is 2.37. The van der Waals surface area contributed by atoms with Gasteiger partial charge in [0, 0.05) is 15.6 Å². The van der Waals surface area contributed by atoms with Crippen molar-refractivity contribution in [2.75, 3.05) is 11.5 Å². The highest BCUT2D eigenvalue weighted by Crippen LogP contribution is 2.38. The van der Waals surface area contributed by atoms with Crippen LogP contribution in [-0.4, -0.2) is 24.5 Å². The van der Waals surface area contributed by atoms with E-state index in [-0.39, 0.29) is 17.9 Å². The van der Waals surface area contributed by atoms with Gasteiger partial charge in [-0.05, 0) is 88.6 Å². The smallest absolute Gasteiger partial charge is 0.335 e. The third-order valence-electron chi connectivity index (χ3n) is 6.47. The lowest BCUT2D eigenvalue weighted by Crippen LogP contribution is -2.54. The molecule has 44 heavy (non-hydrogen) atoms. The van der Waals surface area contributed by atoms with Gasteiger partial charge < -0.3 is 14.2 Å². The van der Waals surface area contributed by atoms with Crippen LogP contribution < -0.4 is 24.4 Å². The second kappa shape index (κ2) is 14.0. The van der Waals surface area contributed by atoms with Crippen molar-refractivity contribution in [3.8, 4) is 17.2 Å². The lowest BCUT2D eigenvalue weighted by Gasteiger charge is -2.26. The molecule has 0 spiro atoms. The van der Waals surface area contributed by atoms with Gasteiger partial charge in [-0.25, -0.2) is 9.69 Å². The van der Waals surface area contributed by atoms with Gasteiger partial charge in [-0.3, -0.25) is 14.9 Å². The van der Waals surface area contributed by atoms with Gasteiger partial charge in [-0.15, -0.1) is 0 Å². The number of ether oxygens (including phenoxy) is 3. The highest BCUT2D eigenvalue weighted by molar-refractivity contribution is 9.10. The summed E-state index contributed by atoms with van der Waals surface area (Å²) in [6.07, 6.45) is 1.40. The lowest BCUT2D eigenvalue weighted by molar-refractivity contribution is -0.122. The molecule has 1 aliphatic heterocycles. The average molecular weight is 696 g/mol. The Morgan fingerprint density at radius 2 is 1.61 bits per heavy atom. The number of imide groups is 2. The highest BCUT2D eigenvalue weighted by atomic mass is 79.9. The molecule has 0 bridgehead atoms. The summed E-state index contributed by atoms with van der Waals surface area (Å²) in [6, 6.07) is 23.6. The average Bonchev–Trinajstić information content (AvgIpc) is 3.00. The normalized spacial score (nSPS) is 14.0. The lowest BCUT2D eigenvalue weighted by atomic mass is 10.1. The van der Waals surface area contributed by atoms with Crippen LogP contribution in [0.3, 0.4) is 0 Å². The Morgan fingerprint density at radius 3 is 2.32 bits per heavy atom. The zero-order valence-corrected chi connectivity index (χ0v) is 26.4. The molecule has 1 fully saturated rings. The van der Waals surface area contributed by atoms with Crippen molar-refractivity contribution in [3.05, 3.63) is 122 Å². The molecule has 0 aromatic heterocycles. The second-order valence-electron chi connectivity index (χ2n) is 9.51. The minimum atomic E-state index is -0.861. The van der Waals surface area contributed by atoms with Crippen LogP contribution in [0.2, 0.25) is 10.0 Å². The van der Waals surface area contributed by atoms with Crippen molar-refractivity contribution in [2.24, 2.45) is 0 Å². The van der Waals surface area contributed by atoms with Crippen LogP contribution in [0.25, 0.3) is 6.08 Å². The van der Waals surface area contributed by atoms with Gasteiger partial charge in [0.1, 0.15) is 24.5 Å². The van der Waals surface area contributed by atoms with E-state index in [1.165, 1.54) is 6.08 Å². The van der Waals surface area contributed by atoms with Crippen LogP contribution in [0, 0.1) is 0 Å². The van der Waals surface area contributed by atoms with E-state index in [9.17, 15) is 14.4 Å². The van der Waals surface area contributed by atoms with Gasteiger partial charge in [0.05, 0.1) is 16.8 Å². The number of urea groups is 1. The summed E-state index contributed by atoms with van der Waals surface area (Å²) >= 11 is 15.7. The summed E-state index contributed by atoms with van der Waals surface area (Å²) in [7, 11) is 0. The molecule has 224 valence electrons. The van der Waals surface area contributed by atoms with E-state index in [4.69, 9.17) is 37.4 Å². The number of rotatable bonds is 10. The Hall–Kier alpha value is -4.31. The third kappa shape index (κ3) is 7.24. The van der Waals surface area contributed by atoms with Crippen LogP contribution in [0.15, 0.2) is 95.0 Å². The van der Waals surface area contributed by atoms with Crippen LogP contribution in [0.4, 0.5) is 10.5 Å². The fourth-order valence-corrected chi connectivity index (χ4v) is 5.39. The van der Waals surface area contributed by atoms with Crippen LogP contribution in [0.1, 0.15) is 23.6 Å². The number of amides is 4. The maximum Gasteiger partial charge on any atom is 0.335 e. The molecule has 4 amide bonds.